The molecule has 3 rings (SSSR count). The summed E-state index contributed by atoms with van der Waals surface area (Å²) >= 11 is 0. The Morgan fingerprint density at radius 3 is 2.16 bits per heavy atom. The van der Waals surface area contributed by atoms with E-state index in [1.54, 1.807) is 69.3 Å². The number of ether oxygens (including phenoxy) is 2. The van der Waals surface area contributed by atoms with Gasteiger partial charge in [-0.3, -0.25) is 19.7 Å². The highest BCUT2D eigenvalue weighted by Gasteiger charge is 2.29. The molecular formula is C24H25N3O5. The van der Waals surface area contributed by atoms with Gasteiger partial charge in [0, 0.05) is 5.69 Å². The normalized spacial score (nSPS) is 10.4. The molecule has 32 heavy (non-hydrogen) atoms. The molecule has 0 saturated carbocycles. The molecule has 3 aromatic rings. The number of amides is 2. The molecule has 0 saturated heterocycles. The SMILES string of the molecule is CCOC(=O)c1c(C(=O)Nc2ccccc2)c(C)n(NC(=O)c2ccccc2OC)c1C. The Balaban J connectivity index is 2.03. The van der Waals surface area contributed by atoms with Gasteiger partial charge in [0.15, 0.2) is 0 Å². The first-order valence-corrected chi connectivity index (χ1v) is 10.1. The molecule has 0 fully saturated rings. The van der Waals surface area contributed by atoms with E-state index >= 15 is 0 Å². The molecule has 166 valence electrons. The predicted molar refractivity (Wildman–Crippen MR) is 121 cm³/mol. The quantitative estimate of drug-likeness (QED) is 0.548. The van der Waals surface area contributed by atoms with Gasteiger partial charge in [-0.15, -0.1) is 0 Å². The van der Waals surface area contributed by atoms with Crippen LogP contribution >= 0.6 is 0 Å². The van der Waals surface area contributed by atoms with Crippen LogP contribution in [0, 0.1) is 13.8 Å². The van der Waals surface area contributed by atoms with Crippen LogP contribution in [-0.4, -0.2) is 36.2 Å². The van der Waals surface area contributed by atoms with E-state index in [0.29, 0.717) is 28.4 Å². The highest BCUT2D eigenvalue weighted by Crippen LogP contribution is 2.25. The molecule has 0 unspecified atom stereocenters. The van der Waals surface area contributed by atoms with Crippen LogP contribution in [0.5, 0.6) is 5.75 Å². The predicted octanol–water partition coefficient (Wildman–Crippen LogP) is 3.93. The number of carbonyl (C=O) groups excluding carboxylic acids is 3. The highest BCUT2D eigenvalue weighted by atomic mass is 16.5. The first kappa shape index (κ1) is 22.6. The summed E-state index contributed by atoms with van der Waals surface area (Å²) in [7, 11) is 1.48. The lowest BCUT2D eigenvalue weighted by Crippen LogP contribution is -2.26. The third kappa shape index (κ3) is 4.49. The van der Waals surface area contributed by atoms with E-state index < -0.39 is 17.8 Å². The molecule has 2 amide bonds. The van der Waals surface area contributed by atoms with Gasteiger partial charge in [0.1, 0.15) is 5.75 Å². The Morgan fingerprint density at radius 1 is 0.875 bits per heavy atom. The van der Waals surface area contributed by atoms with Crippen LogP contribution in [0.1, 0.15) is 49.4 Å². The van der Waals surface area contributed by atoms with Crippen molar-refractivity contribution in [2.45, 2.75) is 20.8 Å². The van der Waals surface area contributed by atoms with Crippen molar-refractivity contribution in [1.82, 2.24) is 4.68 Å². The molecule has 8 nitrogen and oxygen atoms in total. The van der Waals surface area contributed by atoms with Gasteiger partial charge < -0.3 is 14.8 Å². The monoisotopic (exact) mass is 435 g/mol. The fourth-order valence-electron chi connectivity index (χ4n) is 3.44. The minimum Gasteiger partial charge on any atom is -0.496 e. The van der Waals surface area contributed by atoms with E-state index in [1.165, 1.54) is 11.8 Å². The zero-order chi connectivity index (χ0) is 23.3. The molecule has 8 heteroatoms. The van der Waals surface area contributed by atoms with Gasteiger partial charge in [-0.1, -0.05) is 30.3 Å². The molecule has 0 atom stereocenters. The maximum Gasteiger partial charge on any atom is 0.340 e. The average molecular weight is 435 g/mol. The van der Waals surface area contributed by atoms with Gasteiger partial charge in [-0.05, 0) is 45.0 Å². The molecule has 2 N–H and O–H groups in total. The molecule has 0 aliphatic rings. The average Bonchev–Trinajstić information content (AvgIpc) is 3.04. The lowest BCUT2D eigenvalue weighted by molar-refractivity contribution is 0.0522. The molecule has 0 aliphatic heterocycles. The van der Waals surface area contributed by atoms with E-state index in [-0.39, 0.29) is 17.7 Å². The number of methoxy groups -OCH3 is 1. The Kier molecular flexibility index (Phi) is 6.94. The van der Waals surface area contributed by atoms with Crippen molar-refractivity contribution in [2.24, 2.45) is 0 Å². The number of benzene rings is 2. The molecule has 1 heterocycles. The Bertz CT molecular complexity index is 1150. The van der Waals surface area contributed by atoms with Crippen molar-refractivity contribution in [3.63, 3.8) is 0 Å². The minimum atomic E-state index is -0.642. The molecule has 0 radical (unpaired) electrons. The smallest absolute Gasteiger partial charge is 0.340 e. The number of hydrogen-bond donors (Lipinski definition) is 2. The third-order valence-corrected chi connectivity index (χ3v) is 4.95. The van der Waals surface area contributed by atoms with Crippen LogP contribution in [-0.2, 0) is 4.74 Å². The van der Waals surface area contributed by atoms with Gasteiger partial charge >= 0.3 is 5.97 Å². The second-order valence-corrected chi connectivity index (χ2v) is 6.94. The van der Waals surface area contributed by atoms with Gasteiger partial charge in [0.2, 0.25) is 0 Å². The molecule has 0 spiro atoms. The van der Waals surface area contributed by atoms with Gasteiger partial charge in [0.05, 0.1) is 41.8 Å². The molecule has 1 aromatic heterocycles. The first-order valence-electron chi connectivity index (χ1n) is 10.1. The number of esters is 1. The van der Waals surface area contributed by atoms with E-state index in [2.05, 4.69) is 10.7 Å². The van der Waals surface area contributed by atoms with Crippen LogP contribution in [0.2, 0.25) is 0 Å². The molecule has 0 bridgehead atoms. The fraction of sp³-hybridized carbons (Fsp3) is 0.208. The Morgan fingerprint density at radius 2 is 1.50 bits per heavy atom. The maximum atomic E-state index is 13.1. The number of rotatable bonds is 7. The standard InChI is InChI=1S/C24H25N3O5/c1-5-32-24(30)21-16(3)27(26-22(28)18-13-9-10-14-19(18)31-4)15(2)20(21)23(29)25-17-11-7-6-8-12-17/h6-14H,5H2,1-4H3,(H,25,29)(H,26,28). The van der Waals surface area contributed by atoms with Crippen LogP contribution in [0.4, 0.5) is 5.69 Å². The second kappa shape index (κ2) is 9.82. The Labute approximate surface area is 186 Å². The summed E-state index contributed by atoms with van der Waals surface area (Å²) in [4.78, 5) is 38.8. The summed E-state index contributed by atoms with van der Waals surface area (Å²) in [6.45, 7) is 5.12. The Hall–Kier alpha value is -4.07. The van der Waals surface area contributed by atoms with Crippen molar-refractivity contribution in [3.8, 4) is 5.75 Å². The maximum absolute atomic E-state index is 13.1. The molecular weight excluding hydrogens is 410 g/mol. The van der Waals surface area contributed by atoms with Crippen molar-refractivity contribution in [3.05, 3.63) is 82.7 Å². The van der Waals surface area contributed by atoms with E-state index in [0.717, 1.165) is 0 Å². The fourth-order valence-corrected chi connectivity index (χ4v) is 3.44. The third-order valence-electron chi connectivity index (χ3n) is 4.95. The second-order valence-electron chi connectivity index (χ2n) is 6.94. The number of anilines is 1. The largest absolute Gasteiger partial charge is 0.496 e. The lowest BCUT2D eigenvalue weighted by atomic mass is 10.1. The summed E-state index contributed by atoms with van der Waals surface area (Å²) in [5, 5.41) is 2.79. The summed E-state index contributed by atoms with van der Waals surface area (Å²) in [6.07, 6.45) is 0. The lowest BCUT2D eigenvalue weighted by Gasteiger charge is -2.13. The minimum absolute atomic E-state index is 0.0955. The summed E-state index contributed by atoms with van der Waals surface area (Å²) in [5.41, 5.74) is 4.64. The first-order chi connectivity index (χ1) is 15.4. The van der Waals surface area contributed by atoms with Gasteiger partial charge in [0.25, 0.3) is 11.8 Å². The van der Waals surface area contributed by atoms with Crippen molar-refractivity contribution >= 4 is 23.5 Å². The highest BCUT2D eigenvalue weighted by molar-refractivity contribution is 6.13. The number of hydrogen-bond acceptors (Lipinski definition) is 5. The number of para-hydroxylation sites is 2. The van der Waals surface area contributed by atoms with Crippen LogP contribution in [0.15, 0.2) is 54.6 Å². The summed E-state index contributed by atoms with van der Waals surface area (Å²) in [6, 6.07) is 15.7. The van der Waals surface area contributed by atoms with E-state index in [1.807, 2.05) is 6.07 Å². The number of nitrogens with one attached hydrogen (secondary N) is 2. The zero-order valence-corrected chi connectivity index (χ0v) is 18.4. The van der Waals surface area contributed by atoms with Crippen LogP contribution < -0.4 is 15.5 Å². The summed E-state index contributed by atoms with van der Waals surface area (Å²) < 4.78 is 11.9. The topological polar surface area (TPSA) is 98.7 Å². The van der Waals surface area contributed by atoms with Crippen molar-refractivity contribution in [1.29, 1.82) is 0 Å². The van der Waals surface area contributed by atoms with Gasteiger partial charge in [-0.2, -0.15) is 0 Å². The number of carbonyl (C=O) groups is 3. The number of aromatic nitrogens is 1. The van der Waals surface area contributed by atoms with Crippen molar-refractivity contribution < 1.29 is 23.9 Å². The molecule has 2 aromatic carbocycles. The summed E-state index contributed by atoms with van der Waals surface area (Å²) in [5.74, 6) is -1.17. The number of nitrogens with zero attached hydrogens (tertiary/aromatic N) is 1. The van der Waals surface area contributed by atoms with E-state index in [4.69, 9.17) is 9.47 Å². The van der Waals surface area contributed by atoms with Crippen LogP contribution in [0.3, 0.4) is 0 Å². The molecule has 0 aliphatic carbocycles. The van der Waals surface area contributed by atoms with E-state index in [9.17, 15) is 14.4 Å². The van der Waals surface area contributed by atoms with Crippen molar-refractivity contribution in [2.75, 3.05) is 24.5 Å². The van der Waals surface area contributed by atoms with Gasteiger partial charge in [-0.25, -0.2) is 4.79 Å². The van der Waals surface area contributed by atoms with Crippen LogP contribution in [0.25, 0.3) is 0 Å². The zero-order valence-electron chi connectivity index (χ0n) is 18.4.